The van der Waals surface area contributed by atoms with Gasteiger partial charge in [-0.1, -0.05) is 24.3 Å². The molecule has 32 heavy (non-hydrogen) atoms. The Morgan fingerprint density at radius 3 is 2.56 bits per heavy atom. The molecule has 2 aliphatic rings. The summed E-state index contributed by atoms with van der Waals surface area (Å²) in [4.78, 5) is 34.1. The molecule has 0 bridgehead atoms. The molecule has 1 aromatic carbocycles. The lowest BCUT2D eigenvalue weighted by Gasteiger charge is -2.36. The van der Waals surface area contributed by atoms with Gasteiger partial charge >= 0.3 is 11.8 Å². The van der Waals surface area contributed by atoms with Crippen molar-refractivity contribution in [2.45, 2.75) is 51.0 Å². The summed E-state index contributed by atoms with van der Waals surface area (Å²) in [5, 5.41) is 2.69. The first-order valence-corrected chi connectivity index (χ1v) is 11.5. The van der Waals surface area contributed by atoms with Crippen LogP contribution in [0.5, 0.6) is 0 Å². The van der Waals surface area contributed by atoms with Gasteiger partial charge in [-0.05, 0) is 87.8 Å². The largest absolute Gasteiger partial charge is 0.383 e. The molecule has 0 radical (unpaired) electrons. The number of rotatable bonds is 3. The molecule has 1 atom stereocenters. The van der Waals surface area contributed by atoms with Gasteiger partial charge in [0.15, 0.2) is 0 Å². The highest BCUT2D eigenvalue weighted by Crippen LogP contribution is 2.34. The standard InChI is InChI=1S/C25H33N5O2/c1-17-14-21(16-27-23(17)26)28-24(31)25(32)30-11-4-3-8-22(30)20-7-5-6-19(15-20)18-9-12-29(2)13-10-18/h5-7,14-16,18,22H,3-4,8-13H2,1-2H3,(H2,26,27)(H,28,31)/t22-/m0/s1. The van der Waals surface area contributed by atoms with Gasteiger partial charge in [0.05, 0.1) is 17.9 Å². The van der Waals surface area contributed by atoms with Crippen molar-refractivity contribution in [3.8, 4) is 0 Å². The minimum absolute atomic E-state index is 0.0699. The number of carbonyl (C=O) groups excluding carboxylic acids is 2. The molecule has 3 N–H and O–H groups in total. The Morgan fingerprint density at radius 2 is 1.81 bits per heavy atom. The lowest BCUT2D eigenvalue weighted by Crippen LogP contribution is -2.44. The zero-order valence-electron chi connectivity index (χ0n) is 19.0. The molecule has 170 valence electrons. The van der Waals surface area contributed by atoms with Gasteiger partial charge in [0.1, 0.15) is 5.82 Å². The third-order valence-electron chi connectivity index (χ3n) is 6.82. The van der Waals surface area contributed by atoms with Gasteiger partial charge < -0.3 is 20.9 Å². The van der Waals surface area contributed by atoms with E-state index in [1.165, 1.54) is 11.8 Å². The molecular formula is C25H33N5O2. The number of carbonyl (C=O) groups is 2. The number of benzene rings is 1. The average Bonchev–Trinajstić information content (AvgIpc) is 2.81. The monoisotopic (exact) mass is 435 g/mol. The third kappa shape index (κ3) is 4.93. The van der Waals surface area contributed by atoms with Crippen LogP contribution in [0.4, 0.5) is 11.5 Å². The first kappa shape index (κ1) is 22.3. The Labute approximate surface area is 190 Å². The van der Waals surface area contributed by atoms with E-state index < -0.39 is 11.8 Å². The van der Waals surface area contributed by atoms with Gasteiger partial charge in [0.2, 0.25) is 0 Å². The van der Waals surface area contributed by atoms with E-state index in [1.54, 1.807) is 11.0 Å². The number of nitrogens with two attached hydrogens (primary N) is 1. The van der Waals surface area contributed by atoms with E-state index in [0.717, 1.165) is 56.3 Å². The van der Waals surface area contributed by atoms with Crippen LogP contribution in [0.3, 0.4) is 0 Å². The van der Waals surface area contributed by atoms with Crippen LogP contribution in [-0.4, -0.2) is 53.3 Å². The first-order valence-electron chi connectivity index (χ1n) is 11.5. The van der Waals surface area contributed by atoms with E-state index in [1.807, 2.05) is 6.92 Å². The number of amides is 2. The quantitative estimate of drug-likeness (QED) is 0.721. The Balaban J connectivity index is 1.50. The lowest BCUT2D eigenvalue weighted by molar-refractivity contribution is -0.145. The molecule has 0 aliphatic carbocycles. The SMILES string of the molecule is Cc1cc(NC(=O)C(=O)N2CCCC[C@H]2c2cccc(C3CCN(C)CC3)c2)cnc1N. The number of piperidine rings is 2. The maximum absolute atomic E-state index is 13.1. The second-order valence-corrected chi connectivity index (χ2v) is 9.14. The molecule has 0 saturated carbocycles. The van der Waals surface area contributed by atoms with Crippen LogP contribution in [0, 0.1) is 6.92 Å². The number of nitrogens with one attached hydrogen (secondary N) is 1. The average molecular weight is 436 g/mol. The number of nitrogen functional groups attached to an aromatic ring is 1. The van der Waals surface area contributed by atoms with Crippen molar-refractivity contribution in [2.75, 3.05) is 37.7 Å². The summed E-state index contributed by atoms with van der Waals surface area (Å²) in [5.41, 5.74) is 9.47. The maximum atomic E-state index is 13.1. The van der Waals surface area contributed by atoms with E-state index in [2.05, 4.69) is 46.5 Å². The Kier molecular flexibility index (Phi) is 6.74. The third-order valence-corrected chi connectivity index (χ3v) is 6.82. The number of aryl methyl sites for hydroxylation is 1. The number of pyridine rings is 1. The first-order chi connectivity index (χ1) is 15.4. The highest BCUT2D eigenvalue weighted by atomic mass is 16.2. The molecular weight excluding hydrogens is 402 g/mol. The van der Waals surface area contributed by atoms with Crippen LogP contribution in [0.25, 0.3) is 0 Å². The van der Waals surface area contributed by atoms with Crippen LogP contribution in [0.15, 0.2) is 36.5 Å². The molecule has 0 spiro atoms. The number of hydrogen-bond acceptors (Lipinski definition) is 5. The molecule has 2 saturated heterocycles. The summed E-state index contributed by atoms with van der Waals surface area (Å²) >= 11 is 0. The van der Waals surface area contributed by atoms with Gasteiger partial charge in [-0.25, -0.2) is 4.98 Å². The Morgan fingerprint density at radius 1 is 1.06 bits per heavy atom. The van der Waals surface area contributed by atoms with Crippen LogP contribution in [0.2, 0.25) is 0 Å². The minimum Gasteiger partial charge on any atom is -0.383 e. The van der Waals surface area contributed by atoms with Gasteiger partial charge in [0.25, 0.3) is 0 Å². The molecule has 4 rings (SSSR count). The van der Waals surface area contributed by atoms with Crippen LogP contribution in [0.1, 0.15) is 60.8 Å². The van der Waals surface area contributed by atoms with Crippen LogP contribution < -0.4 is 11.1 Å². The van der Waals surface area contributed by atoms with Crippen molar-refractivity contribution < 1.29 is 9.59 Å². The zero-order valence-corrected chi connectivity index (χ0v) is 19.0. The molecule has 2 fully saturated rings. The second-order valence-electron chi connectivity index (χ2n) is 9.14. The van der Waals surface area contributed by atoms with Crippen LogP contribution in [-0.2, 0) is 9.59 Å². The lowest BCUT2D eigenvalue weighted by atomic mass is 9.86. The molecule has 2 amide bonds. The van der Waals surface area contributed by atoms with E-state index in [-0.39, 0.29) is 6.04 Å². The number of anilines is 2. The van der Waals surface area contributed by atoms with Gasteiger partial charge in [0, 0.05) is 6.54 Å². The van der Waals surface area contributed by atoms with E-state index in [0.29, 0.717) is 24.0 Å². The van der Waals surface area contributed by atoms with Crippen molar-refractivity contribution in [3.63, 3.8) is 0 Å². The smallest absolute Gasteiger partial charge is 0.313 e. The van der Waals surface area contributed by atoms with Crippen molar-refractivity contribution in [2.24, 2.45) is 0 Å². The molecule has 1 aromatic heterocycles. The molecule has 7 heteroatoms. The summed E-state index contributed by atoms with van der Waals surface area (Å²) in [6.45, 7) is 4.64. The Hall–Kier alpha value is -2.93. The van der Waals surface area contributed by atoms with Crippen molar-refractivity contribution in [3.05, 3.63) is 53.2 Å². The molecule has 2 aromatic rings. The van der Waals surface area contributed by atoms with Crippen molar-refractivity contribution in [1.29, 1.82) is 0 Å². The molecule has 0 unspecified atom stereocenters. The summed E-state index contributed by atoms with van der Waals surface area (Å²) in [7, 11) is 2.17. The summed E-state index contributed by atoms with van der Waals surface area (Å²) in [5.74, 6) is -0.151. The number of hydrogen-bond donors (Lipinski definition) is 2. The normalized spacial score (nSPS) is 20.2. The predicted octanol–water partition coefficient (Wildman–Crippen LogP) is 3.47. The van der Waals surface area contributed by atoms with Gasteiger partial charge in [-0.15, -0.1) is 0 Å². The fourth-order valence-electron chi connectivity index (χ4n) is 4.85. The highest BCUT2D eigenvalue weighted by Gasteiger charge is 2.32. The fraction of sp³-hybridized carbons (Fsp3) is 0.480. The second kappa shape index (κ2) is 9.69. The maximum Gasteiger partial charge on any atom is 0.313 e. The van der Waals surface area contributed by atoms with Gasteiger partial charge in [-0.3, -0.25) is 9.59 Å². The summed E-state index contributed by atoms with van der Waals surface area (Å²) < 4.78 is 0. The molecule has 3 heterocycles. The number of nitrogens with zero attached hydrogens (tertiary/aromatic N) is 3. The van der Waals surface area contributed by atoms with Crippen molar-refractivity contribution in [1.82, 2.24) is 14.8 Å². The number of aromatic nitrogens is 1. The number of likely N-dealkylation sites (tertiary alicyclic amines) is 2. The van der Waals surface area contributed by atoms with E-state index >= 15 is 0 Å². The fourth-order valence-corrected chi connectivity index (χ4v) is 4.85. The Bertz CT molecular complexity index is 984. The predicted molar refractivity (Wildman–Crippen MR) is 126 cm³/mol. The molecule has 7 nitrogen and oxygen atoms in total. The van der Waals surface area contributed by atoms with Crippen molar-refractivity contribution >= 4 is 23.3 Å². The molecule has 2 aliphatic heterocycles. The summed E-state index contributed by atoms with van der Waals surface area (Å²) in [6, 6.07) is 10.3. The zero-order chi connectivity index (χ0) is 22.7. The summed E-state index contributed by atoms with van der Waals surface area (Å²) in [6.07, 6.45) is 6.63. The van der Waals surface area contributed by atoms with Gasteiger partial charge in [-0.2, -0.15) is 0 Å². The van der Waals surface area contributed by atoms with Crippen LogP contribution >= 0.6 is 0 Å². The minimum atomic E-state index is -0.630. The topological polar surface area (TPSA) is 91.6 Å². The van der Waals surface area contributed by atoms with E-state index in [9.17, 15) is 9.59 Å². The highest BCUT2D eigenvalue weighted by molar-refractivity contribution is 6.39. The van der Waals surface area contributed by atoms with E-state index in [4.69, 9.17) is 5.73 Å².